The lowest BCUT2D eigenvalue weighted by Gasteiger charge is -2.30. The third-order valence-corrected chi connectivity index (χ3v) is 5.65. The van der Waals surface area contributed by atoms with Crippen LogP contribution in [0.3, 0.4) is 0 Å². The van der Waals surface area contributed by atoms with Crippen molar-refractivity contribution in [3.63, 3.8) is 0 Å². The quantitative estimate of drug-likeness (QED) is 0.359. The van der Waals surface area contributed by atoms with Gasteiger partial charge in [-0.2, -0.15) is 0 Å². The highest BCUT2D eigenvalue weighted by Gasteiger charge is 2.23. The highest BCUT2D eigenvalue weighted by atomic mass is 35.5. The molecule has 0 bridgehead atoms. The maximum Gasteiger partial charge on any atom is 0.231 e. The van der Waals surface area contributed by atoms with Crippen molar-refractivity contribution in [1.29, 1.82) is 0 Å². The Morgan fingerprint density at radius 3 is 3.00 bits per heavy atom. The number of aromatic nitrogens is 4. The third kappa shape index (κ3) is 4.49. The zero-order valence-corrected chi connectivity index (χ0v) is 16.6. The van der Waals surface area contributed by atoms with Crippen LogP contribution < -0.4 is 10.0 Å². The van der Waals surface area contributed by atoms with Crippen molar-refractivity contribution in [2.75, 3.05) is 11.9 Å². The Bertz CT molecular complexity index is 997. The highest BCUT2D eigenvalue weighted by molar-refractivity contribution is 7.77. The van der Waals surface area contributed by atoms with Crippen LogP contribution in [-0.2, 0) is 11.3 Å². The van der Waals surface area contributed by atoms with E-state index in [0.717, 1.165) is 48.0 Å². The van der Waals surface area contributed by atoms with Crippen molar-refractivity contribution in [3.05, 3.63) is 35.9 Å². The van der Waals surface area contributed by atoms with Crippen LogP contribution in [0.1, 0.15) is 25.7 Å². The molecule has 0 aliphatic heterocycles. The molecule has 8 nitrogen and oxygen atoms in total. The van der Waals surface area contributed by atoms with Gasteiger partial charge >= 0.3 is 0 Å². The lowest BCUT2D eigenvalue weighted by Crippen LogP contribution is -2.33. The molecule has 0 amide bonds. The van der Waals surface area contributed by atoms with E-state index in [0.29, 0.717) is 23.4 Å². The van der Waals surface area contributed by atoms with E-state index in [9.17, 15) is 4.21 Å². The van der Waals surface area contributed by atoms with Gasteiger partial charge in [-0.25, -0.2) is 18.9 Å². The highest BCUT2D eigenvalue weighted by Crippen LogP contribution is 2.31. The van der Waals surface area contributed by atoms with Crippen molar-refractivity contribution in [2.24, 2.45) is 5.92 Å². The molecule has 148 valence electrons. The van der Waals surface area contributed by atoms with E-state index in [1.54, 1.807) is 12.4 Å². The normalized spacial score (nSPS) is 20.9. The second kappa shape index (κ2) is 8.52. The fourth-order valence-electron chi connectivity index (χ4n) is 3.80. The molecular weight excluding hydrogens is 400 g/mol. The minimum Gasteiger partial charge on any atom is -0.367 e. The number of hydrogen-bond acceptors (Lipinski definition) is 5. The van der Waals surface area contributed by atoms with Crippen molar-refractivity contribution >= 4 is 39.8 Å². The largest absolute Gasteiger partial charge is 0.367 e. The lowest BCUT2D eigenvalue weighted by atomic mass is 9.86. The molecule has 0 radical (unpaired) electrons. The summed E-state index contributed by atoms with van der Waals surface area (Å²) >= 11 is 4.31. The van der Waals surface area contributed by atoms with Gasteiger partial charge in [-0.1, -0.05) is 18.0 Å². The monoisotopic (exact) mass is 420 g/mol. The molecule has 4 N–H and O–H groups in total. The predicted octanol–water partition coefficient (Wildman–Crippen LogP) is 3.37. The van der Waals surface area contributed by atoms with Crippen LogP contribution >= 0.6 is 11.6 Å². The van der Waals surface area contributed by atoms with E-state index in [1.165, 1.54) is 0 Å². The summed E-state index contributed by atoms with van der Waals surface area (Å²) in [6.45, 7) is 0.531. The van der Waals surface area contributed by atoms with E-state index < -0.39 is 11.3 Å². The number of halogens is 1. The van der Waals surface area contributed by atoms with E-state index >= 15 is 0 Å². The Morgan fingerprint density at radius 1 is 1.29 bits per heavy atom. The first-order valence-electron chi connectivity index (χ1n) is 9.15. The maximum absolute atomic E-state index is 10.8. The number of nitrogens with one attached hydrogen (secondary N) is 3. The molecule has 3 unspecified atom stereocenters. The zero-order chi connectivity index (χ0) is 19.5. The van der Waals surface area contributed by atoms with Gasteiger partial charge in [0.2, 0.25) is 11.3 Å². The summed E-state index contributed by atoms with van der Waals surface area (Å²) in [5.41, 5.74) is 3.35. The van der Waals surface area contributed by atoms with Crippen LogP contribution in [-0.4, -0.2) is 41.3 Å². The Balaban J connectivity index is 1.52. The first-order chi connectivity index (χ1) is 13.6. The van der Waals surface area contributed by atoms with Crippen LogP contribution in [0.4, 0.5) is 5.82 Å². The molecule has 0 saturated heterocycles. The van der Waals surface area contributed by atoms with Gasteiger partial charge in [0.1, 0.15) is 16.5 Å². The fraction of sp³-hybridized carbons (Fsp3) is 0.389. The molecule has 3 heterocycles. The van der Waals surface area contributed by atoms with Crippen LogP contribution in [0.5, 0.6) is 0 Å². The number of hydrogen-bond donors (Lipinski definition) is 4. The van der Waals surface area contributed by atoms with Crippen molar-refractivity contribution < 1.29 is 8.76 Å². The molecule has 0 spiro atoms. The van der Waals surface area contributed by atoms with Crippen molar-refractivity contribution in [1.82, 2.24) is 24.7 Å². The molecule has 1 aliphatic rings. The second-order valence-electron chi connectivity index (χ2n) is 6.99. The van der Waals surface area contributed by atoms with Crippen molar-refractivity contribution in [3.8, 4) is 11.1 Å². The summed E-state index contributed by atoms with van der Waals surface area (Å²) in [7, 11) is 0. The van der Waals surface area contributed by atoms with Crippen LogP contribution in [0.25, 0.3) is 22.3 Å². The van der Waals surface area contributed by atoms with Gasteiger partial charge in [0.15, 0.2) is 5.65 Å². The molecule has 3 aromatic heterocycles. The summed E-state index contributed by atoms with van der Waals surface area (Å²) in [6.07, 6.45) is 9.23. The minimum absolute atomic E-state index is 0.245. The average molecular weight is 421 g/mol. The number of aromatic amines is 1. The first-order valence-corrected chi connectivity index (χ1v) is 10.6. The number of anilines is 1. The summed E-state index contributed by atoms with van der Waals surface area (Å²) < 4.78 is 22.4. The third-order valence-electron chi connectivity index (χ3n) is 5.04. The zero-order valence-electron chi connectivity index (χ0n) is 15.1. The van der Waals surface area contributed by atoms with Gasteiger partial charge in [-0.3, -0.25) is 9.54 Å². The molecule has 3 atom stereocenters. The maximum atomic E-state index is 10.8. The van der Waals surface area contributed by atoms with Gasteiger partial charge in [0, 0.05) is 36.7 Å². The topological polar surface area (TPSA) is 116 Å². The molecule has 1 saturated carbocycles. The van der Waals surface area contributed by atoms with Crippen LogP contribution in [0, 0.1) is 5.92 Å². The Morgan fingerprint density at radius 2 is 2.14 bits per heavy atom. The average Bonchev–Trinajstić information content (AvgIpc) is 3.10. The van der Waals surface area contributed by atoms with Crippen LogP contribution in [0.15, 0.2) is 30.7 Å². The van der Waals surface area contributed by atoms with Gasteiger partial charge in [-0.05, 0) is 42.9 Å². The molecule has 1 fully saturated rings. The molecule has 1 aliphatic carbocycles. The van der Waals surface area contributed by atoms with Gasteiger partial charge in [-0.15, -0.1) is 0 Å². The second-order valence-corrected chi connectivity index (χ2v) is 8.17. The number of fused-ring (bicyclic) bond motifs is 1. The summed E-state index contributed by atoms with van der Waals surface area (Å²) in [5.74, 6) is 1.06. The molecule has 4 rings (SSSR count). The number of pyridine rings is 1. The SMILES string of the molecule is O=S(O)NCC1CCCC(Nc2cc(-c3c[nH]c4nccnc34)cc(Cl)n2)C1. The predicted molar refractivity (Wildman–Crippen MR) is 110 cm³/mol. The smallest absolute Gasteiger partial charge is 0.231 e. The van der Waals surface area contributed by atoms with E-state index in [4.69, 9.17) is 16.2 Å². The number of H-pyrrole nitrogens is 1. The van der Waals surface area contributed by atoms with E-state index in [1.807, 2.05) is 18.3 Å². The summed E-state index contributed by atoms with van der Waals surface area (Å²) in [4.78, 5) is 16.2. The molecule has 10 heteroatoms. The minimum atomic E-state index is -1.97. The van der Waals surface area contributed by atoms with Gasteiger partial charge in [0.05, 0.1) is 0 Å². The van der Waals surface area contributed by atoms with Gasteiger partial charge in [0.25, 0.3) is 0 Å². The van der Waals surface area contributed by atoms with Crippen molar-refractivity contribution in [2.45, 2.75) is 31.7 Å². The summed E-state index contributed by atoms with van der Waals surface area (Å²) in [5, 5.41) is 3.89. The first kappa shape index (κ1) is 19.3. The number of nitrogens with zero attached hydrogens (tertiary/aromatic N) is 3. The Hall–Kier alpha value is -2.07. The Kier molecular flexibility index (Phi) is 5.86. The Labute approximate surface area is 170 Å². The number of rotatable bonds is 6. The fourth-order valence-corrected chi connectivity index (χ4v) is 4.39. The lowest BCUT2D eigenvalue weighted by molar-refractivity contribution is 0.333. The molecule has 0 aromatic carbocycles. The molecule has 3 aromatic rings. The van der Waals surface area contributed by atoms with E-state index in [-0.39, 0.29) is 6.04 Å². The van der Waals surface area contributed by atoms with Gasteiger partial charge < -0.3 is 10.3 Å². The molecule has 28 heavy (non-hydrogen) atoms. The van der Waals surface area contributed by atoms with Crippen LogP contribution in [0.2, 0.25) is 5.15 Å². The van der Waals surface area contributed by atoms with E-state index in [2.05, 4.69) is 30.0 Å². The summed E-state index contributed by atoms with van der Waals surface area (Å²) in [6, 6.07) is 4.02. The molecular formula is C18H21ClN6O2S. The standard InChI is InChI=1S/C18H21ClN6O2S/c19-15-7-12(14-10-22-18-17(14)20-4-5-21-18)8-16(25-15)24-13-3-1-2-11(6-13)9-23-28(26)27/h4-5,7-8,10-11,13,23H,1-3,6,9H2,(H,21,22)(H,24,25)(H,26,27).